The van der Waals surface area contributed by atoms with Gasteiger partial charge in [0.1, 0.15) is 6.10 Å². The van der Waals surface area contributed by atoms with Crippen molar-refractivity contribution in [3.05, 3.63) is 11.6 Å². The van der Waals surface area contributed by atoms with E-state index >= 15 is 0 Å². The molecule has 158 valence electrons. The second kappa shape index (κ2) is 7.50. The van der Waals surface area contributed by atoms with Crippen LogP contribution in [0.1, 0.15) is 65.7 Å². The Hall–Kier alpha value is -0.190. The molecule has 0 amide bonds. The summed E-state index contributed by atoms with van der Waals surface area (Å²) in [7, 11) is 1.86. The molecule has 3 saturated carbocycles. The lowest BCUT2D eigenvalue weighted by Gasteiger charge is -2.60. The van der Waals surface area contributed by atoms with Crippen molar-refractivity contribution in [3.63, 3.8) is 0 Å². The van der Waals surface area contributed by atoms with Crippen molar-refractivity contribution in [3.8, 4) is 0 Å². The lowest BCUT2D eigenvalue weighted by atomic mass is 9.46. The maximum Gasteiger partial charge on any atom is 0.305 e. The summed E-state index contributed by atoms with van der Waals surface area (Å²) in [6.45, 7) is 6.65. The summed E-state index contributed by atoms with van der Waals surface area (Å²) >= 11 is 11.6. The smallest absolute Gasteiger partial charge is 0.305 e. The fourth-order valence-corrected chi connectivity index (χ4v) is 8.09. The van der Waals surface area contributed by atoms with Gasteiger partial charge in [-0.05, 0) is 61.7 Å². The molecule has 0 N–H and O–H groups in total. The van der Waals surface area contributed by atoms with E-state index in [1.807, 2.05) is 14.0 Å². The van der Waals surface area contributed by atoms with Crippen molar-refractivity contribution in [2.24, 2.45) is 28.6 Å². The number of rotatable bonds is 3. The van der Waals surface area contributed by atoms with Gasteiger partial charge in [-0.3, -0.25) is 4.79 Å². The average Bonchev–Trinajstić information content (AvgIpc) is 2.92. The Morgan fingerprint density at radius 1 is 1.29 bits per heavy atom. The molecule has 0 aromatic carbocycles. The second-order valence-electron chi connectivity index (χ2n) is 10.0. The lowest BCUT2D eigenvalue weighted by molar-refractivity contribution is -0.164. The Bertz CT molecular complexity index is 666. The van der Waals surface area contributed by atoms with Crippen LogP contribution >= 0.6 is 24.2 Å². The summed E-state index contributed by atoms with van der Waals surface area (Å²) in [6.07, 6.45) is 9.39. The predicted octanol–water partition coefficient (Wildman–Crippen LogP) is 5.41. The third kappa shape index (κ3) is 3.08. The van der Waals surface area contributed by atoms with Gasteiger partial charge in [0.25, 0.3) is 0 Å². The van der Waals surface area contributed by atoms with Crippen LogP contribution < -0.4 is 0 Å². The van der Waals surface area contributed by atoms with E-state index in [4.69, 9.17) is 33.7 Å². The number of esters is 1. The van der Waals surface area contributed by atoms with Crippen LogP contribution in [0.25, 0.3) is 0 Å². The molecule has 4 aliphatic rings. The van der Waals surface area contributed by atoms with E-state index in [2.05, 4.69) is 19.9 Å². The predicted molar refractivity (Wildman–Crippen MR) is 116 cm³/mol. The zero-order valence-electron chi connectivity index (χ0n) is 17.6. The van der Waals surface area contributed by atoms with Gasteiger partial charge in [0.2, 0.25) is 0 Å². The average molecular weight is 427 g/mol. The van der Waals surface area contributed by atoms with Crippen LogP contribution in [0.2, 0.25) is 0 Å². The van der Waals surface area contributed by atoms with Crippen molar-refractivity contribution >= 4 is 30.2 Å². The van der Waals surface area contributed by atoms with E-state index in [1.54, 1.807) is 5.57 Å². The van der Waals surface area contributed by atoms with Crippen LogP contribution in [-0.2, 0) is 14.3 Å². The zero-order valence-corrected chi connectivity index (χ0v) is 19.3. The molecular weight excluding hydrogens is 392 g/mol. The number of halogens is 1. The van der Waals surface area contributed by atoms with Crippen LogP contribution in [0, 0.1) is 28.6 Å². The molecule has 0 bridgehead atoms. The highest BCUT2D eigenvalue weighted by Crippen LogP contribution is 2.66. The fraction of sp³-hybridized carbons (Fsp3) is 0.870. The van der Waals surface area contributed by atoms with Crippen molar-refractivity contribution in [2.45, 2.75) is 88.6 Å². The Balaban J connectivity index is 1.69. The molecule has 5 heteroatoms. The Labute approximate surface area is 180 Å². The maximum absolute atomic E-state index is 12.1. The normalized spacial score (nSPS) is 50.2. The molecule has 4 rings (SSSR count). The van der Waals surface area contributed by atoms with Crippen molar-refractivity contribution in [1.82, 2.24) is 0 Å². The first-order valence-corrected chi connectivity index (χ1v) is 12.0. The molecule has 3 nitrogen and oxygen atoms in total. The second-order valence-corrected chi connectivity index (χ2v) is 11.3. The highest BCUT2D eigenvalue weighted by atomic mass is 35.5. The van der Waals surface area contributed by atoms with Crippen LogP contribution in [0.3, 0.4) is 0 Å². The van der Waals surface area contributed by atoms with Gasteiger partial charge in [-0.25, -0.2) is 0 Å². The summed E-state index contributed by atoms with van der Waals surface area (Å²) in [5.41, 5.74) is 1.76. The van der Waals surface area contributed by atoms with Gasteiger partial charge in [-0.2, -0.15) is 12.6 Å². The van der Waals surface area contributed by atoms with Gasteiger partial charge >= 0.3 is 5.97 Å². The zero-order chi connectivity index (χ0) is 20.3. The number of ether oxygens (including phenoxy) is 2. The van der Waals surface area contributed by atoms with Crippen molar-refractivity contribution < 1.29 is 14.3 Å². The molecule has 0 unspecified atom stereocenters. The molecule has 0 spiro atoms. The number of thiol groups is 1. The summed E-state index contributed by atoms with van der Waals surface area (Å²) in [4.78, 5) is 12.1. The number of methoxy groups -OCH3 is 1. The first-order chi connectivity index (χ1) is 13.2. The van der Waals surface area contributed by atoms with Crippen LogP contribution in [0.5, 0.6) is 0 Å². The van der Waals surface area contributed by atoms with E-state index < -0.39 is 0 Å². The quantitative estimate of drug-likeness (QED) is 0.283. The van der Waals surface area contributed by atoms with Gasteiger partial charge in [0, 0.05) is 24.2 Å². The Morgan fingerprint density at radius 2 is 2.04 bits per heavy atom. The van der Waals surface area contributed by atoms with Gasteiger partial charge < -0.3 is 9.47 Å². The fourth-order valence-electron chi connectivity index (χ4n) is 7.25. The van der Waals surface area contributed by atoms with Gasteiger partial charge in [0.15, 0.2) is 0 Å². The first-order valence-electron chi connectivity index (χ1n) is 11.0. The number of carbonyl (C=O) groups excluding carboxylic acids is 1. The summed E-state index contributed by atoms with van der Waals surface area (Å²) in [5, 5.41) is 0.280. The van der Waals surface area contributed by atoms with Crippen molar-refractivity contribution in [2.75, 3.05) is 7.11 Å². The van der Waals surface area contributed by atoms with Crippen molar-refractivity contribution in [1.29, 1.82) is 0 Å². The minimum Gasteiger partial charge on any atom is -0.460 e. The third-order valence-electron chi connectivity index (χ3n) is 8.83. The molecule has 0 radical (unpaired) electrons. The number of alkyl halides is 1. The molecule has 4 aliphatic carbocycles. The van der Waals surface area contributed by atoms with Crippen LogP contribution in [0.4, 0.5) is 0 Å². The summed E-state index contributed by atoms with van der Waals surface area (Å²) < 4.78 is 12.0. The first kappa shape index (κ1) is 21.1. The number of hydrogen-bond donors (Lipinski definition) is 1. The standard InChI is InChI=1S/C23H35ClO3S/c1-5-19(25)27-21-17(24)12-16-20-15(7-9-23(16,21)3)22(2)8-6-14(28)10-13(22)11-18(20)26-4/h10,14-18,20-21,28H,5-9,11-12H2,1-4H3/t14-,15-,16-,17+,18-,20+,21-,22-,23-/m0/s1. The lowest BCUT2D eigenvalue weighted by Crippen LogP contribution is -2.56. The molecule has 0 heterocycles. The molecule has 0 aromatic rings. The molecule has 0 aromatic heterocycles. The Kier molecular flexibility index (Phi) is 5.64. The topological polar surface area (TPSA) is 35.5 Å². The largest absolute Gasteiger partial charge is 0.460 e. The van der Waals surface area contributed by atoms with Crippen LogP contribution in [-0.4, -0.2) is 35.9 Å². The monoisotopic (exact) mass is 426 g/mol. The van der Waals surface area contributed by atoms with E-state index in [9.17, 15) is 4.79 Å². The SMILES string of the molecule is CCC(=O)O[C@H]1[C@H](Cl)C[C@H]2[C@@H]3[C@@H](OC)CC4=C[C@@H](S)CC[C@]4(C)[C@H]3CC[C@@]21C. The minimum atomic E-state index is -0.178. The van der Waals surface area contributed by atoms with E-state index in [0.29, 0.717) is 29.4 Å². The highest BCUT2D eigenvalue weighted by Gasteiger charge is 2.64. The van der Waals surface area contributed by atoms with Crippen LogP contribution in [0.15, 0.2) is 11.6 Å². The molecule has 0 aliphatic heterocycles. The third-order valence-corrected chi connectivity index (χ3v) is 9.65. The maximum atomic E-state index is 12.1. The summed E-state index contributed by atoms with van der Waals surface area (Å²) in [5.74, 6) is 1.41. The van der Waals surface area contributed by atoms with Gasteiger partial charge in [0.05, 0.1) is 11.5 Å². The number of fused-ring (bicyclic) bond motifs is 5. The van der Waals surface area contributed by atoms with Gasteiger partial charge in [-0.1, -0.05) is 32.4 Å². The number of carbonyl (C=O) groups is 1. The Morgan fingerprint density at radius 3 is 2.71 bits per heavy atom. The van der Waals surface area contributed by atoms with Gasteiger partial charge in [-0.15, -0.1) is 11.6 Å². The van der Waals surface area contributed by atoms with E-state index in [1.165, 1.54) is 6.42 Å². The minimum absolute atomic E-state index is 0.0481. The highest BCUT2D eigenvalue weighted by molar-refractivity contribution is 7.81. The molecule has 3 fully saturated rings. The molecule has 9 atom stereocenters. The molecule has 0 saturated heterocycles. The number of hydrogen-bond acceptors (Lipinski definition) is 4. The summed E-state index contributed by atoms with van der Waals surface area (Å²) in [6, 6.07) is 0. The molecule has 28 heavy (non-hydrogen) atoms. The van der Waals surface area contributed by atoms with E-state index in [-0.39, 0.29) is 34.4 Å². The van der Waals surface area contributed by atoms with E-state index in [0.717, 1.165) is 32.1 Å². The molecular formula is C23H35ClO3S.